The molecule has 1 fully saturated rings. The summed E-state index contributed by atoms with van der Waals surface area (Å²) in [5, 5.41) is 0. The molecule has 90 valence electrons. The van der Waals surface area contributed by atoms with E-state index in [9.17, 15) is 0 Å². The Morgan fingerprint density at radius 3 is 2.69 bits per heavy atom. The van der Waals surface area contributed by atoms with Gasteiger partial charge in [0.1, 0.15) is 5.76 Å². The maximum atomic E-state index is 6.20. The second kappa shape index (κ2) is 4.17. The molecule has 2 heterocycles. The predicted octanol–water partition coefficient (Wildman–Crippen LogP) is 2.91. The van der Waals surface area contributed by atoms with Crippen LogP contribution in [0.3, 0.4) is 0 Å². The molecule has 0 aliphatic carbocycles. The van der Waals surface area contributed by atoms with Crippen molar-refractivity contribution in [2.75, 3.05) is 6.54 Å². The maximum Gasteiger partial charge on any atom is 0.136 e. The Morgan fingerprint density at radius 2 is 2.19 bits per heavy atom. The molecular weight excluding hydrogens is 268 g/mol. The molecular formula is C12H19BrN2O. The molecule has 1 aliphatic rings. The van der Waals surface area contributed by atoms with Gasteiger partial charge in [-0.15, -0.1) is 0 Å². The first-order chi connectivity index (χ1) is 7.41. The second-order valence-electron chi connectivity index (χ2n) is 5.39. The first-order valence-corrected chi connectivity index (χ1v) is 6.46. The van der Waals surface area contributed by atoms with Crippen LogP contribution in [0.2, 0.25) is 0 Å². The summed E-state index contributed by atoms with van der Waals surface area (Å²) in [7, 11) is 0. The van der Waals surface area contributed by atoms with Crippen LogP contribution in [-0.2, 0) is 0 Å². The molecule has 3 nitrogen and oxygen atoms in total. The van der Waals surface area contributed by atoms with Gasteiger partial charge in [-0.2, -0.15) is 0 Å². The highest BCUT2D eigenvalue weighted by Gasteiger charge is 2.41. The van der Waals surface area contributed by atoms with Gasteiger partial charge in [-0.3, -0.25) is 4.90 Å². The van der Waals surface area contributed by atoms with Crippen molar-refractivity contribution in [3.8, 4) is 0 Å². The molecule has 1 aromatic rings. The van der Waals surface area contributed by atoms with Gasteiger partial charge >= 0.3 is 0 Å². The molecule has 2 rings (SSSR count). The van der Waals surface area contributed by atoms with Crippen molar-refractivity contribution < 1.29 is 4.42 Å². The Labute approximate surface area is 105 Å². The van der Waals surface area contributed by atoms with E-state index < -0.39 is 0 Å². The second-order valence-corrected chi connectivity index (χ2v) is 6.25. The third-order valence-electron chi connectivity index (χ3n) is 3.22. The molecule has 16 heavy (non-hydrogen) atoms. The van der Waals surface area contributed by atoms with Crippen LogP contribution in [0.4, 0.5) is 0 Å². The standard InChI is InChI=1S/C12H19BrN2O/c1-12(2,3)15-6-4-9(14)10(15)11-8(13)5-7-16-11/h5,7,9-10H,4,6,14H2,1-3H3. The molecule has 0 amide bonds. The number of nitrogens with two attached hydrogens (primary N) is 1. The van der Waals surface area contributed by atoms with E-state index in [4.69, 9.17) is 10.2 Å². The molecule has 2 N–H and O–H groups in total. The molecule has 4 heteroatoms. The highest BCUT2D eigenvalue weighted by atomic mass is 79.9. The Balaban J connectivity index is 2.34. The summed E-state index contributed by atoms with van der Waals surface area (Å²) in [5.41, 5.74) is 6.32. The van der Waals surface area contributed by atoms with E-state index in [1.54, 1.807) is 6.26 Å². The van der Waals surface area contributed by atoms with Crippen LogP contribution >= 0.6 is 15.9 Å². The summed E-state index contributed by atoms with van der Waals surface area (Å²) in [6, 6.07) is 2.27. The monoisotopic (exact) mass is 286 g/mol. The van der Waals surface area contributed by atoms with Gasteiger partial charge in [0.2, 0.25) is 0 Å². The van der Waals surface area contributed by atoms with Crippen molar-refractivity contribution in [2.45, 2.75) is 44.8 Å². The first kappa shape index (κ1) is 12.1. The first-order valence-electron chi connectivity index (χ1n) is 5.66. The number of hydrogen-bond donors (Lipinski definition) is 1. The van der Waals surface area contributed by atoms with Gasteiger partial charge in [0, 0.05) is 18.1 Å². The smallest absolute Gasteiger partial charge is 0.136 e. The average molecular weight is 287 g/mol. The molecule has 2 atom stereocenters. The van der Waals surface area contributed by atoms with Crippen LogP contribution in [0.1, 0.15) is 39.0 Å². The van der Waals surface area contributed by atoms with Crippen molar-refractivity contribution in [3.63, 3.8) is 0 Å². The predicted molar refractivity (Wildman–Crippen MR) is 68.2 cm³/mol. The maximum absolute atomic E-state index is 6.20. The molecule has 0 saturated carbocycles. The Kier molecular flexibility index (Phi) is 3.16. The van der Waals surface area contributed by atoms with Crippen molar-refractivity contribution in [2.24, 2.45) is 5.73 Å². The summed E-state index contributed by atoms with van der Waals surface area (Å²) >= 11 is 3.52. The number of rotatable bonds is 1. The fourth-order valence-corrected chi connectivity index (χ4v) is 2.86. The number of nitrogens with zero attached hydrogens (tertiary/aromatic N) is 1. The Hall–Kier alpha value is -0.320. The Bertz CT molecular complexity index is 369. The number of furan rings is 1. The zero-order valence-electron chi connectivity index (χ0n) is 10.0. The van der Waals surface area contributed by atoms with Gasteiger partial charge in [0.15, 0.2) is 0 Å². The third-order valence-corrected chi connectivity index (χ3v) is 3.87. The molecule has 0 radical (unpaired) electrons. The Morgan fingerprint density at radius 1 is 1.50 bits per heavy atom. The zero-order valence-corrected chi connectivity index (χ0v) is 11.6. The third kappa shape index (κ3) is 2.06. The summed E-state index contributed by atoms with van der Waals surface area (Å²) in [4.78, 5) is 2.42. The van der Waals surface area contributed by atoms with Crippen LogP contribution in [0.15, 0.2) is 21.2 Å². The lowest BCUT2D eigenvalue weighted by atomic mass is 10.0. The van der Waals surface area contributed by atoms with E-state index in [0.29, 0.717) is 0 Å². The topological polar surface area (TPSA) is 42.4 Å². The highest BCUT2D eigenvalue weighted by molar-refractivity contribution is 9.10. The van der Waals surface area contributed by atoms with E-state index in [2.05, 4.69) is 41.6 Å². The van der Waals surface area contributed by atoms with E-state index >= 15 is 0 Å². The van der Waals surface area contributed by atoms with Gasteiger partial charge in [-0.1, -0.05) is 0 Å². The van der Waals surface area contributed by atoms with Crippen LogP contribution in [-0.4, -0.2) is 23.0 Å². The minimum atomic E-state index is 0.116. The van der Waals surface area contributed by atoms with Gasteiger partial charge < -0.3 is 10.2 Å². The van der Waals surface area contributed by atoms with Crippen molar-refractivity contribution in [3.05, 3.63) is 22.6 Å². The lowest BCUT2D eigenvalue weighted by Crippen LogP contribution is -2.43. The molecule has 1 saturated heterocycles. The van der Waals surface area contributed by atoms with Crippen LogP contribution in [0.5, 0.6) is 0 Å². The summed E-state index contributed by atoms with van der Waals surface area (Å²) in [6.45, 7) is 7.68. The molecule has 0 aromatic carbocycles. The van der Waals surface area contributed by atoms with E-state index in [0.717, 1.165) is 23.2 Å². The number of hydrogen-bond acceptors (Lipinski definition) is 3. The van der Waals surface area contributed by atoms with Crippen molar-refractivity contribution in [1.82, 2.24) is 4.90 Å². The molecule has 1 aliphatic heterocycles. The van der Waals surface area contributed by atoms with Gasteiger partial charge in [-0.25, -0.2) is 0 Å². The average Bonchev–Trinajstić information content (AvgIpc) is 2.70. The minimum absolute atomic E-state index is 0.116. The lowest BCUT2D eigenvalue weighted by Gasteiger charge is -2.37. The SMILES string of the molecule is CC(C)(C)N1CCC(N)C1c1occc1Br. The lowest BCUT2D eigenvalue weighted by molar-refractivity contribution is 0.103. The van der Waals surface area contributed by atoms with E-state index in [1.807, 2.05) is 6.07 Å². The van der Waals surface area contributed by atoms with Gasteiger partial charge in [0.25, 0.3) is 0 Å². The number of halogens is 1. The van der Waals surface area contributed by atoms with Crippen LogP contribution < -0.4 is 5.73 Å². The fourth-order valence-electron chi connectivity index (χ4n) is 2.42. The largest absolute Gasteiger partial charge is 0.466 e. The van der Waals surface area contributed by atoms with E-state index in [-0.39, 0.29) is 17.6 Å². The van der Waals surface area contributed by atoms with Crippen molar-refractivity contribution in [1.29, 1.82) is 0 Å². The van der Waals surface area contributed by atoms with E-state index in [1.165, 1.54) is 0 Å². The van der Waals surface area contributed by atoms with Gasteiger partial charge in [-0.05, 0) is 49.2 Å². The minimum Gasteiger partial charge on any atom is -0.466 e. The quantitative estimate of drug-likeness (QED) is 0.863. The molecule has 0 bridgehead atoms. The number of likely N-dealkylation sites (tertiary alicyclic amines) is 1. The summed E-state index contributed by atoms with van der Waals surface area (Å²) < 4.78 is 6.59. The highest BCUT2D eigenvalue weighted by Crippen LogP contribution is 2.39. The summed E-state index contributed by atoms with van der Waals surface area (Å²) in [5.74, 6) is 0.958. The van der Waals surface area contributed by atoms with Crippen molar-refractivity contribution >= 4 is 15.9 Å². The summed E-state index contributed by atoms with van der Waals surface area (Å²) in [6.07, 6.45) is 2.74. The van der Waals surface area contributed by atoms with Gasteiger partial charge in [0.05, 0.1) is 16.8 Å². The fraction of sp³-hybridized carbons (Fsp3) is 0.667. The van der Waals surface area contributed by atoms with Crippen LogP contribution in [0, 0.1) is 0 Å². The van der Waals surface area contributed by atoms with Crippen LogP contribution in [0.25, 0.3) is 0 Å². The molecule has 1 aromatic heterocycles. The normalized spacial score (nSPS) is 27.6. The molecule has 2 unspecified atom stereocenters. The molecule has 0 spiro atoms. The zero-order chi connectivity index (χ0) is 11.9.